The predicted molar refractivity (Wildman–Crippen MR) is 51.0 cm³/mol. The van der Waals surface area contributed by atoms with Crippen LogP contribution in [0.5, 0.6) is 0 Å². The molecule has 0 fully saturated rings. The number of nitrogens with zero attached hydrogens (tertiary/aromatic N) is 3. The summed E-state index contributed by atoms with van der Waals surface area (Å²) >= 11 is 0. The Morgan fingerprint density at radius 2 is 2.36 bits per heavy atom. The summed E-state index contributed by atoms with van der Waals surface area (Å²) < 4.78 is 0. The molecule has 2 rings (SSSR count). The van der Waals surface area contributed by atoms with Crippen LogP contribution in [0.1, 0.15) is 17.2 Å². The van der Waals surface area contributed by atoms with Crippen molar-refractivity contribution in [3.05, 3.63) is 40.3 Å². The van der Waals surface area contributed by atoms with Crippen LogP contribution in [0.2, 0.25) is 0 Å². The van der Waals surface area contributed by atoms with Crippen molar-refractivity contribution >= 4 is 0 Å². The molecule has 0 saturated carbocycles. The van der Waals surface area contributed by atoms with Gasteiger partial charge in [0, 0.05) is 0 Å². The van der Waals surface area contributed by atoms with Crippen molar-refractivity contribution in [3.63, 3.8) is 0 Å². The normalized spacial score (nSPS) is 17.5. The predicted octanol–water partition coefficient (Wildman–Crippen LogP) is 1.79. The first-order valence-corrected chi connectivity index (χ1v) is 4.41. The van der Waals surface area contributed by atoms with Gasteiger partial charge in [-0.2, -0.15) is 5.26 Å². The van der Waals surface area contributed by atoms with E-state index in [1.54, 1.807) is 0 Å². The smallest absolute Gasteiger partial charge is 0.127 e. The maximum Gasteiger partial charge on any atom is 0.127 e. The Labute approximate surface area is 81.7 Å². The SMILES string of the molecule is N#CCN(N=O)C1Cc2ccccc21. The number of fused-ring (bicyclic) bond motifs is 1. The zero-order valence-corrected chi connectivity index (χ0v) is 7.55. The molecule has 0 spiro atoms. The third-order valence-electron chi connectivity index (χ3n) is 2.52. The van der Waals surface area contributed by atoms with Gasteiger partial charge in [0.2, 0.25) is 0 Å². The molecule has 1 aromatic rings. The Kier molecular flexibility index (Phi) is 2.15. The summed E-state index contributed by atoms with van der Waals surface area (Å²) in [4.78, 5) is 10.5. The van der Waals surface area contributed by atoms with Gasteiger partial charge in [0.1, 0.15) is 6.54 Å². The van der Waals surface area contributed by atoms with Crippen molar-refractivity contribution in [2.24, 2.45) is 5.29 Å². The number of hydrogen-bond acceptors (Lipinski definition) is 3. The maximum absolute atomic E-state index is 10.5. The molecular formula is C10H9N3O. The Balaban J connectivity index is 2.18. The van der Waals surface area contributed by atoms with Crippen LogP contribution in [0.15, 0.2) is 29.6 Å². The number of benzene rings is 1. The fourth-order valence-electron chi connectivity index (χ4n) is 1.77. The van der Waals surface area contributed by atoms with Crippen LogP contribution in [-0.4, -0.2) is 11.6 Å². The lowest BCUT2D eigenvalue weighted by Gasteiger charge is -2.34. The second-order valence-electron chi connectivity index (χ2n) is 3.26. The molecule has 70 valence electrons. The van der Waals surface area contributed by atoms with Crippen LogP contribution < -0.4 is 0 Å². The van der Waals surface area contributed by atoms with Gasteiger partial charge in [0.15, 0.2) is 0 Å². The van der Waals surface area contributed by atoms with E-state index in [0.29, 0.717) is 0 Å². The molecule has 1 aliphatic carbocycles. The van der Waals surface area contributed by atoms with Gasteiger partial charge in [-0.3, -0.25) is 0 Å². The van der Waals surface area contributed by atoms with Gasteiger partial charge in [0.05, 0.1) is 17.4 Å². The van der Waals surface area contributed by atoms with Crippen LogP contribution >= 0.6 is 0 Å². The van der Waals surface area contributed by atoms with Crippen molar-refractivity contribution in [1.29, 1.82) is 5.26 Å². The van der Waals surface area contributed by atoms with Crippen molar-refractivity contribution < 1.29 is 0 Å². The molecule has 0 bridgehead atoms. The molecule has 0 aromatic heterocycles. The van der Waals surface area contributed by atoms with Gasteiger partial charge < -0.3 is 0 Å². The van der Waals surface area contributed by atoms with Gasteiger partial charge in [-0.15, -0.1) is 4.91 Å². The van der Waals surface area contributed by atoms with Crippen LogP contribution in [0.25, 0.3) is 0 Å². The molecule has 0 saturated heterocycles. The zero-order valence-electron chi connectivity index (χ0n) is 7.55. The average Bonchev–Trinajstić information content (AvgIpc) is 2.18. The second-order valence-corrected chi connectivity index (χ2v) is 3.26. The number of nitriles is 1. The van der Waals surface area contributed by atoms with Crippen LogP contribution in [0, 0.1) is 16.2 Å². The quantitative estimate of drug-likeness (QED) is 0.412. The van der Waals surface area contributed by atoms with E-state index in [4.69, 9.17) is 5.26 Å². The highest BCUT2D eigenvalue weighted by molar-refractivity contribution is 5.39. The molecule has 4 heteroatoms. The Hall–Kier alpha value is -1.89. The third kappa shape index (κ3) is 1.23. The highest BCUT2D eigenvalue weighted by Crippen LogP contribution is 2.37. The first kappa shape index (κ1) is 8.70. The largest absolute Gasteiger partial charge is 0.239 e. The Morgan fingerprint density at radius 1 is 1.57 bits per heavy atom. The summed E-state index contributed by atoms with van der Waals surface area (Å²) in [6.07, 6.45) is 0.809. The molecule has 0 heterocycles. The van der Waals surface area contributed by atoms with Crippen LogP contribution in [0.3, 0.4) is 0 Å². The van der Waals surface area contributed by atoms with E-state index in [-0.39, 0.29) is 12.6 Å². The van der Waals surface area contributed by atoms with E-state index in [1.807, 2.05) is 30.3 Å². The van der Waals surface area contributed by atoms with Crippen molar-refractivity contribution in [3.8, 4) is 6.07 Å². The lowest BCUT2D eigenvalue weighted by atomic mass is 9.83. The molecule has 0 N–H and O–H groups in total. The van der Waals surface area contributed by atoms with E-state index in [1.165, 1.54) is 10.6 Å². The monoisotopic (exact) mass is 187 g/mol. The molecular weight excluding hydrogens is 178 g/mol. The maximum atomic E-state index is 10.5. The molecule has 0 aliphatic heterocycles. The molecule has 0 radical (unpaired) electrons. The molecule has 0 amide bonds. The standard InChI is InChI=1S/C10H9N3O/c11-5-6-13(12-14)10-7-8-3-1-2-4-9(8)10/h1-4,10H,6-7H2. The lowest BCUT2D eigenvalue weighted by molar-refractivity contribution is 0.205. The van der Waals surface area contributed by atoms with E-state index >= 15 is 0 Å². The summed E-state index contributed by atoms with van der Waals surface area (Å²) in [5.74, 6) is 0. The Morgan fingerprint density at radius 3 is 3.00 bits per heavy atom. The van der Waals surface area contributed by atoms with Gasteiger partial charge in [-0.25, -0.2) is 5.01 Å². The highest BCUT2D eigenvalue weighted by Gasteiger charge is 2.31. The van der Waals surface area contributed by atoms with E-state index < -0.39 is 0 Å². The summed E-state index contributed by atoms with van der Waals surface area (Å²) in [7, 11) is 0. The number of hydrogen-bond donors (Lipinski definition) is 0. The van der Waals surface area contributed by atoms with Crippen molar-refractivity contribution in [1.82, 2.24) is 5.01 Å². The van der Waals surface area contributed by atoms with E-state index in [9.17, 15) is 4.91 Å². The molecule has 1 atom stereocenters. The molecule has 1 unspecified atom stereocenters. The Bertz CT molecular complexity index is 397. The zero-order chi connectivity index (χ0) is 9.97. The fourth-order valence-corrected chi connectivity index (χ4v) is 1.77. The highest BCUT2D eigenvalue weighted by atomic mass is 16.3. The topological polar surface area (TPSA) is 56.5 Å². The van der Waals surface area contributed by atoms with Crippen LogP contribution in [-0.2, 0) is 6.42 Å². The van der Waals surface area contributed by atoms with Gasteiger partial charge >= 0.3 is 0 Å². The number of nitroso groups, excluding NO2 is 1. The average molecular weight is 187 g/mol. The fraction of sp³-hybridized carbons (Fsp3) is 0.300. The summed E-state index contributed by atoms with van der Waals surface area (Å²) in [5, 5.41) is 12.6. The van der Waals surface area contributed by atoms with Gasteiger partial charge in [-0.05, 0) is 17.5 Å². The van der Waals surface area contributed by atoms with E-state index in [0.717, 1.165) is 12.0 Å². The van der Waals surface area contributed by atoms with Crippen molar-refractivity contribution in [2.75, 3.05) is 6.54 Å². The van der Waals surface area contributed by atoms with Gasteiger partial charge in [-0.1, -0.05) is 24.3 Å². The molecule has 14 heavy (non-hydrogen) atoms. The first-order chi connectivity index (χ1) is 6.86. The minimum absolute atomic E-state index is 0.00310. The third-order valence-corrected chi connectivity index (χ3v) is 2.52. The first-order valence-electron chi connectivity index (χ1n) is 4.41. The summed E-state index contributed by atoms with van der Waals surface area (Å²) in [6, 6.07) is 9.84. The molecule has 1 aliphatic rings. The minimum Gasteiger partial charge on any atom is -0.239 e. The van der Waals surface area contributed by atoms with Crippen molar-refractivity contribution in [2.45, 2.75) is 12.5 Å². The lowest BCUT2D eigenvalue weighted by Crippen LogP contribution is -2.32. The second kappa shape index (κ2) is 3.46. The molecule has 1 aromatic carbocycles. The number of rotatable bonds is 3. The molecule has 4 nitrogen and oxygen atoms in total. The van der Waals surface area contributed by atoms with E-state index in [2.05, 4.69) is 5.29 Å². The van der Waals surface area contributed by atoms with Gasteiger partial charge in [0.25, 0.3) is 0 Å². The summed E-state index contributed by atoms with van der Waals surface area (Å²) in [6.45, 7) is 0.0580. The summed E-state index contributed by atoms with van der Waals surface area (Å²) in [5.41, 5.74) is 2.35. The van der Waals surface area contributed by atoms with Crippen LogP contribution in [0.4, 0.5) is 0 Å². The minimum atomic E-state index is 0.00310.